The maximum atomic E-state index is 13.0. The Kier molecular flexibility index (Phi) is 4.12. The number of hydrogen-bond acceptors (Lipinski definition) is 6. The number of alkyl halides is 2. The van der Waals surface area contributed by atoms with Crippen molar-refractivity contribution in [2.75, 3.05) is 26.2 Å². The summed E-state index contributed by atoms with van der Waals surface area (Å²) in [6, 6.07) is 1.58. The fourth-order valence-electron chi connectivity index (χ4n) is 4.33. The number of aliphatic imine (C=N–C) groups is 1. The molecule has 2 fully saturated rings. The van der Waals surface area contributed by atoms with Gasteiger partial charge in [0.25, 0.3) is 0 Å². The van der Waals surface area contributed by atoms with Gasteiger partial charge in [-0.05, 0) is 6.07 Å². The van der Waals surface area contributed by atoms with Gasteiger partial charge >= 0.3 is 6.55 Å². The Labute approximate surface area is 169 Å². The van der Waals surface area contributed by atoms with E-state index in [9.17, 15) is 13.6 Å². The summed E-state index contributed by atoms with van der Waals surface area (Å²) in [5, 5.41) is 6.69. The molecule has 2 aromatic heterocycles. The van der Waals surface area contributed by atoms with Crippen LogP contribution in [0.15, 0.2) is 47.2 Å². The van der Waals surface area contributed by atoms with Crippen molar-refractivity contribution >= 4 is 28.7 Å². The number of likely N-dealkylation sites (tertiary alicyclic amines) is 1. The maximum Gasteiger partial charge on any atom is 0.333 e. The molecule has 0 aliphatic carbocycles. The number of nitrogens with zero attached hydrogens (tertiary/aromatic N) is 6. The van der Waals surface area contributed by atoms with Gasteiger partial charge in [-0.3, -0.25) is 9.79 Å². The van der Waals surface area contributed by atoms with Crippen LogP contribution < -0.4 is 0 Å². The zero-order valence-electron chi connectivity index (χ0n) is 15.5. The number of carbonyl (C=O) groups excluding carboxylic acids is 1. The largest absolute Gasteiger partial charge is 0.337 e. The highest BCUT2D eigenvalue weighted by molar-refractivity contribution is 7.11. The summed E-state index contributed by atoms with van der Waals surface area (Å²) in [5.41, 5.74) is 1.67. The van der Waals surface area contributed by atoms with E-state index in [-0.39, 0.29) is 5.91 Å². The van der Waals surface area contributed by atoms with Crippen molar-refractivity contribution < 1.29 is 13.6 Å². The van der Waals surface area contributed by atoms with Crippen LogP contribution >= 0.6 is 11.3 Å². The number of halogens is 2. The molecule has 0 unspecified atom stereocenters. The SMILES string of the molecule is C=CCN1C[C@@]2(CC3=C(c4ccn(C(F)F)n4)CN=C(c4nccs4)N3C2)C1=O. The molecule has 0 N–H and O–H groups in total. The summed E-state index contributed by atoms with van der Waals surface area (Å²) in [6.07, 6.45) is 5.25. The van der Waals surface area contributed by atoms with Crippen LogP contribution in [-0.2, 0) is 4.79 Å². The Hall–Kier alpha value is -2.88. The third-order valence-corrected chi connectivity index (χ3v) is 6.38. The van der Waals surface area contributed by atoms with E-state index >= 15 is 0 Å². The Morgan fingerprint density at radius 3 is 2.90 bits per heavy atom. The Morgan fingerprint density at radius 1 is 1.38 bits per heavy atom. The van der Waals surface area contributed by atoms with Crippen LogP contribution in [0.1, 0.15) is 23.7 Å². The standard InChI is InChI=1S/C19H18F2N6OS/c1-2-5-25-10-19(17(25)28)8-14-12(13-3-6-27(24-13)18(20)21)9-23-15(26(14)11-19)16-22-4-7-29-16/h2-4,6-7,18H,1,5,8-11H2/t19-/m1/s1. The lowest BCUT2D eigenvalue weighted by Crippen LogP contribution is -2.62. The van der Waals surface area contributed by atoms with Gasteiger partial charge in [-0.15, -0.1) is 17.9 Å². The van der Waals surface area contributed by atoms with Gasteiger partial charge in [-0.2, -0.15) is 13.9 Å². The van der Waals surface area contributed by atoms with E-state index < -0.39 is 12.0 Å². The third kappa shape index (κ3) is 2.73. The number of rotatable bonds is 5. The second kappa shape index (κ2) is 6.58. The van der Waals surface area contributed by atoms with Gasteiger partial charge in [0.15, 0.2) is 10.8 Å². The predicted molar refractivity (Wildman–Crippen MR) is 104 cm³/mol. The molecule has 29 heavy (non-hydrogen) atoms. The number of allylic oxidation sites excluding steroid dienone is 1. The number of fused-ring (bicyclic) bond motifs is 1. The van der Waals surface area contributed by atoms with Gasteiger partial charge in [0, 0.05) is 55.1 Å². The lowest BCUT2D eigenvalue weighted by Gasteiger charge is -2.46. The minimum absolute atomic E-state index is 0.0928. The molecule has 3 aliphatic heterocycles. The molecule has 7 nitrogen and oxygen atoms in total. The van der Waals surface area contributed by atoms with Crippen molar-refractivity contribution in [3.8, 4) is 0 Å². The minimum atomic E-state index is -2.70. The first kappa shape index (κ1) is 18.2. The van der Waals surface area contributed by atoms with Crippen LogP contribution in [0.4, 0.5) is 8.78 Å². The molecule has 0 bridgehead atoms. The second-order valence-corrected chi connectivity index (χ2v) is 8.27. The van der Waals surface area contributed by atoms with Crippen molar-refractivity contribution in [2.24, 2.45) is 10.4 Å². The second-order valence-electron chi connectivity index (χ2n) is 7.38. The highest BCUT2D eigenvalue weighted by Gasteiger charge is 2.58. The van der Waals surface area contributed by atoms with E-state index in [1.807, 2.05) is 10.3 Å². The van der Waals surface area contributed by atoms with Gasteiger partial charge in [0.05, 0.1) is 17.7 Å². The van der Waals surface area contributed by atoms with Crippen molar-refractivity contribution in [3.05, 3.63) is 52.9 Å². The van der Waals surface area contributed by atoms with Crippen molar-refractivity contribution in [1.82, 2.24) is 24.6 Å². The topological polar surface area (TPSA) is 66.6 Å². The van der Waals surface area contributed by atoms with Gasteiger partial charge in [-0.1, -0.05) is 6.08 Å². The van der Waals surface area contributed by atoms with Crippen LogP contribution in [0, 0.1) is 5.41 Å². The Bertz CT molecular complexity index is 1040. The van der Waals surface area contributed by atoms with Crippen LogP contribution in [-0.4, -0.2) is 62.5 Å². The zero-order chi connectivity index (χ0) is 20.2. The molecule has 0 saturated carbocycles. The van der Waals surface area contributed by atoms with Gasteiger partial charge in [0.1, 0.15) is 0 Å². The lowest BCUT2D eigenvalue weighted by atomic mass is 9.77. The molecule has 1 amide bonds. The van der Waals surface area contributed by atoms with Crippen LogP contribution in [0.5, 0.6) is 0 Å². The monoisotopic (exact) mass is 416 g/mol. The third-order valence-electron chi connectivity index (χ3n) is 5.61. The summed E-state index contributed by atoms with van der Waals surface area (Å²) in [4.78, 5) is 25.8. The zero-order valence-corrected chi connectivity index (χ0v) is 16.3. The summed E-state index contributed by atoms with van der Waals surface area (Å²) < 4.78 is 26.6. The van der Waals surface area contributed by atoms with E-state index in [2.05, 4.69) is 21.7 Å². The Morgan fingerprint density at radius 2 is 2.24 bits per heavy atom. The molecule has 2 aromatic rings. The van der Waals surface area contributed by atoms with Crippen LogP contribution in [0.3, 0.4) is 0 Å². The van der Waals surface area contributed by atoms with E-state index in [0.29, 0.717) is 43.0 Å². The quantitative estimate of drug-likeness (QED) is 0.555. The van der Waals surface area contributed by atoms with Gasteiger partial charge in [0.2, 0.25) is 5.91 Å². The molecule has 0 radical (unpaired) electrons. The summed E-state index contributed by atoms with van der Waals surface area (Å²) in [6.45, 7) is 3.01. The average Bonchev–Trinajstić information content (AvgIpc) is 3.46. The number of amides is 1. The van der Waals surface area contributed by atoms with Gasteiger partial charge in [-0.25, -0.2) is 9.67 Å². The van der Waals surface area contributed by atoms with Crippen molar-refractivity contribution in [3.63, 3.8) is 0 Å². The van der Waals surface area contributed by atoms with E-state index in [0.717, 1.165) is 22.1 Å². The average molecular weight is 416 g/mol. The van der Waals surface area contributed by atoms with Crippen LogP contribution in [0.25, 0.3) is 5.57 Å². The highest BCUT2D eigenvalue weighted by Crippen LogP contribution is 2.49. The normalized spacial score (nSPS) is 23.7. The van der Waals surface area contributed by atoms with Crippen molar-refractivity contribution in [2.45, 2.75) is 13.0 Å². The molecule has 10 heteroatoms. The highest BCUT2D eigenvalue weighted by atomic mass is 32.1. The molecule has 150 valence electrons. The Balaban J connectivity index is 1.54. The fraction of sp³-hybridized carbons (Fsp3) is 0.368. The summed E-state index contributed by atoms with van der Waals surface area (Å²) in [7, 11) is 0. The smallest absolute Gasteiger partial charge is 0.333 e. The predicted octanol–water partition coefficient (Wildman–Crippen LogP) is 2.63. The molecule has 3 aliphatic rings. The van der Waals surface area contributed by atoms with Crippen LogP contribution in [0.2, 0.25) is 0 Å². The summed E-state index contributed by atoms with van der Waals surface area (Å²) >= 11 is 1.48. The molecular weight excluding hydrogens is 398 g/mol. The fourth-order valence-corrected chi connectivity index (χ4v) is 4.98. The minimum Gasteiger partial charge on any atom is -0.337 e. The first-order valence-corrected chi connectivity index (χ1v) is 10.1. The number of β-lactam (4-membered cyclic amide) rings is 1. The lowest BCUT2D eigenvalue weighted by molar-refractivity contribution is -0.157. The first-order valence-electron chi connectivity index (χ1n) is 9.20. The molecule has 5 rings (SSSR count). The molecular formula is C19H18F2N6OS. The molecule has 0 aromatic carbocycles. The van der Waals surface area contributed by atoms with E-state index in [1.165, 1.54) is 17.5 Å². The molecule has 2 saturated heterocycles. The molecule has 1 atom stereocenters. The summed E-state index contributed by atoms with van der Waals surface area (Å²) in [5.74, 6) is 0.828. The number of amidine groups is 1. The number of thiazole rings is 1. The number of aromatic nitrogens is 3. The number of carbonyl (C=O) groups is 1. The maximum absolute atomic E-state index is 13.0. The van der Waals surface area contributed by atoms with E-state index in [4.69, 9.17) is 0 Å². The number of hydrogen-bond donors (Lipinski definition) is 0. The molecule has 5 heterocycles. The van der Waals surface area contributed by atoms with E-state index in [1.54, 1.807) is 23.2 Å². The van der Waals surface area contributed by atoms with Crippen molar-refractivity contribution in [1.29, 1.82) is 0 Å². The first-order chi connectivity index (χ1) is 14.0. The van der Waals surface area contributed by atoms with Gasteiger partial charge < -0.3 is 9.80 Å². The molecule has 1 spiro atoms.